The maximum Gasteiger partial charge on any atom is 0.335 e. The standard InChI is InChI=1S/C17H12N2O4/c20-16(21)12-4-1-3-11(9-12)15-7-8-19(18-15)14-6-2-5-13(10-14)17(22)23/h1-10H,(H,20,21)(H,22,23). The minimum atomic E-state index is -1.01. The van der Waals surface area contributed by atoms with Crippen LogP contribution in [0.5, 0.6) is 0 Å². The lowest BCUT2D eigenvalue weighted by molar-refractivity contribution is 0.0686. The van der Waals surface area contributed by atoms with Crippen molar-refractivity contribution in [2.24, 2.45) is 0 Å². The van der Waals surface area contributed by atoms with Crippen molar-refractivity contribution < 1.29 is 19.8 Å². The van der Waals surface area contributed by atoms with Gasteiger partial charge in [0.05, 0.1) is 22.5 Å². The Morgan fingerprint density at radius 1 is 0.870 bits per heavy atom. The molecule has 0 atom stereocenters. The molecule has 0 fully saturated rings. The molecule has 0 aliphatic carbocycles. The van der Waals surface area contributed by atoms with Crippen LogP contribution in [0.4, 0.5) is 0 Å². The van der Waals surface area contributed by atoms with Gasteiger partial charge in [0.15, 0.2) is 0 Å². The van der Waals surface area contributed by atoms with Crippen LogP contribution in [0, 0.1) is 0 Å². The van der Waals surface area contributed by atoms with Crippen LogP contribution in [0.3, 0.4) is 0 Å². The Morgan fingerprint density at radius 3 is 2.22 bits per heavy atom. The molecule has 1 heterocycles. The van der Waals surface area contributed by atoms with Crippen LogP contribution in [0.15, 0.2) is 60.8 Å². The first-order valence-electron chi connectivity index (χ1n) is 6.78. The zero-order chi connectivity index (χ0) is 16.4. The van der Waals surface area contributed by atoms with E-state index in [4.69, 9.17) is 10.2 Å². The van der Waals surface area contributed by atoms with Gasteiger partial charge in [0.1, 0.15) is 0 Å². The van der Waals surface area contributed by atoms with E-state index >= 15 is 0 Å². The molecular weight excluding hydrogens is 296 g/mol. The molecule has 1 aromatic heterocycles. The molecule has 23 heavy (non-hydrogen) atoms. The summed E-state index contributed by atoms with van der Waals surface area (Å²) in [7, 11) is 0. The van der Waals surface area contributed by atoms with Gasteiger partial charge in [-0.1, -0.05) is 18.2 Å². The van der Waals surface area contributed by atoms with Crippen molar-refractivity contribution in [1.82, 2.24) is 9.78 Å². The Morgan fingerprint density at radius 2 is 1.52 bits per heavy atom. The van der Waals surface area contributed by atoms with Crippen LogP contribution in [0.1, 0.15) is 20.7 Å². The largest absolute Gasteiger partial charge is 0.478 e. The third kappa shape index (κ3) is 2.96. The van der Waals surface area contributed by atoms with Gasteiger partial charge in [0.2, 0.25) is 0 Å². The lowest BCUT2D eigenvalue weighted by Crippen LogP contribution is -2.00. The van der Waals surface area contributed by atoms with Crippen LogP contribution in [0.2, 0.25) is 0 Å². The number of aromatic nitrogens is 2. The van der Waals surface area contributed by atoms with E-state index in [1.165, 1.54) is 18.2 Å². The van der Waals surface area contributed by atoms with E-state index in [2.05, 4.69) is 5.10 Å². The Balaban J connectivity index is 1.97. The Bertz CT molecular complexity index is 827. The van der Waals surface area contributed by atoms with Gasteiger partial charge in [-0.25, -0.2) is 14.3 Å². The third-order valence-corrected chi connectivity index (χ3v) is 3.35. The average molecular weight is 308 g/mol. The summed E-state index contributed by atoms with van der Waals surface area (Å²) in [6.45, 7) is 0. The first kappa shape index (κ1) is 14.5. The molecule has 0 amide bonds. The molecule has 6 nitrogen and oxygen atoms in total. The summed E-state index contributed by atoms with van der Waals surface area (Å²) in [5.41, 5.74) is 2.26. The molecule has 114 valence electrons. The van der Waals surface area contributed by atoms with E-state index in [1.807, 2.05) is 0 Å². The fourth-order valence-electron chi connectivity index (χ4n) is 2.21. The van der Waals surface area contributed by atoms with Gasteiger partial charge in [-0.3, -0.25) is 0 Å². The molecule has 3 rings (SSSR count). The lowest BCUT2D eigenvalue weighted by Gasteiger charge is -2.03. The fraction of sp³-hybridized carbons (Fsp3) is 0. The summed E-state index contributed by atoms with van der Waals surface area (Å²) in [6, 6.07) is 14.6. The minimum Gasteiger partial charge on any atom is -0.478 e. The second kappa shape index (κ2) is 5.76. The predicted molar refractivity (Wildman–Crippen MR) is 82.9 cm³/mol. The van der Waals surface area contributed by atoms with E-state index in [-0.39, 0.29) is 11.1 Å². The van der Waals surface area contributed by atoms with Gasteiger partial charge in [-0.2, -0.15) is 5.10 Å². The van der Waals surface area contributed by atoms with Gasteiger partial charge in [0, 0.05) is 11.8 Å². The summed E-state index contributed by atoms with van der Waals surface area (Å²) in [4.78, 5) is 22.1. The quantitative estimate of drug-likeness (QED) is 0.773. The normalized spacial score (nSPS) is 10.4. The molecule has 0 spiro atoms. The number of hydrogen-bond donors (Lipinski definition) is 2. The summed E-state index contributed by atoms with van der Waals surface area (Å²) in [6.07, 6.45) is 1.70. The van der Waals surface area contributed by atoms with Crippen molar-refractivity contribution in [1.29, 1.82) is 0 Å². The molecule has 0 saturated carbocycles. The van der Waals surface area contributed by atoms with Crippen molar-refractivity contribution >= 4 is 11.9 Å². The third-order valence-electron chi connectivity index (χ3n) is 3.35. The van der Waals surface area contributed by atoms with E-state index in [9.17, 15) is 9.59 Å². The molecule has 0 bridgehead atoms. The second-order valence-electron chi connectivity index (χ2n) is 4.89. The van der Waals surface area contributed by atoms with Crippen LogP contribution < -0.4 is 0 Å². The topological polar surface area (TPSA) is 92.4 Å². The zero-order valence-corrected chi connectivity index (χ0v) is 11.9. The number of carboxylic acids is 2. The molecule has 0 aliphatic rings. The van der Waals surface area contributed by atoms with Gasteiger partial charge in [0.25, 0.3) is 0 Å². The van der Waals surface area contributed by atoms with Crippen molar-refractivity contribution in [3.8, 4) is 16.9 Å². The first-order valence-corrected chi connectivity index (χ1v) is 6.78. The number of carboxylic acid groups (broad SMARTS) is 2. The SMILES string of the molecule is O=C(O)c1cccc(-c2ccn(-c3cccc(C(=O)O)c3)n2)c1. The number of carbonyl (C=O) groups is 2. The maximum absolute atomic E-state index is 11.0. The summed E-state index contributed by atoms with van der Waals surface area (Å²) < 4.78 is 1.55. The number of rotatable bonds is 4. The Labute approximate surface area is 131 Å². The molecular formula is C17H12N2O4. The highest BCUT2D eigenvalue weighted by atomic mass is 16.4. The van der Waals surface area contributed by atoms with Crippen molar-refractivity contribution in [3.63, 3.8) is 0 Å². The number of nitrogens with zero attached hydrogens (tertiary/aromatic N) is 2. The van der Waals surface area contributed by atoms with E-state index in [0.29, 0.717) is 16.9 Å². The van der Waals surface area contributed by atoms with Crippen LogP contribution in [-0.2, 0) is 0 Å². The molecule has 0 radical (unpaired) electrons. The molecule has 2 aromatic carbocycles. The van der Waals surface area contributed by atoms with Gasteiger partial charge in [-0.15, -0.1) is 0 Å². The molecule has 2 N–H and O–H groups in total. The molecule has 0 aliphatic heterocycles. The number of benzene rings is 2. The fourth-order valence-corrected chi connectivity index (χ4v) is 2.21. The zero-order valence-electron chi connectivity index (χ0n) is 11.9. The van der Waals surface area contributed by atoms with E-state index in [1.54, 1.807) is 47.3 Å². The van der Waals surface area contributed by atoms with Gasteiger partial charge in [-0.05, 0) is 36.4 Å². The average Bonchev–Trinajstić information content (AvgIpc) is 3.05. The molecule has 3 aromatic rings. The molecule has 0 unspecified atom stereocenters. The summed E-state index contributed by atoms with van der Waals surface area (Å²) >= 11 is 0. The van der Waals surface area contributed by atoms with E-state index < -0.39 is 11.9 Å². The number of hydrogen-bond acceptors (Lipinski definition) is 3. The summed E-state index contributed by atoms with van der Waals surface area (Å²) in [5, 5.41) is 22.5. The minimum absolute atomic E-state index is 0.174. The second-order valence-corrected chi connectivity index (χ2v) is 4.89. The maximum atomic E-state index is 11.0. The van der Waals surface area contributed by atoms with Gasteiger partial charge < -0.3 is 10.2 Å². The first-order chi connectivity index (χ1) is 11.0. The van der Waals surface area contributed by atoms with Gasteiger partial charge >= 0.3 is 11.9 Å². The van der Waals surface area contributed by atoms with Crippen molar-refractivity contribution in [2.75, 3.05) is 0 Å². The van der Waals surface area contributed by atoms with Crippen molar-refractivity contribution in [2.45, 2.75) is 0 Å². The monoisotopic (exact) mass is 308 g/mol. The molecule has 0 saturated heterocycles. The van der Waals surface area contributed by atoms with E-state index in [0.717, 1.165) is 0 Å². The predicted octanol–water partition coefficient (Wildman–Crippen LogP) is 2.94. The number of aromatic carboxylic acids is 2. The summed E-state index contributed by atoms with van der Waals surface area (Å²) in [5.74, 6) is -2.01. The lowest BCUT2D eigenvalue weighted by atomic mass is 10.1. The Kier molecular flexibility index (Phi) is 3.64. The smallest absolute Gasteiger partial charge is 0.335 e. The van der Waals surface area contributed by atoms with Crippen LogP contribution in [-0.4, -0.2) is 31.9 Å². The van der Waals surface area contributed by atoms with Crippen molar-refractivity contribution in [3.05, 3.63) is 71.9 Å². The highest BCUT2D eigenvalue weighted by molar-refractivity contribution is 5.89. The Hall–Kier alpha value is -3.41. The highest BCUT2D eigenvalue weighted by Gasteiger charge is 2.09. The van der Waals surface area contributed by atoms with Crippen LogP contribution >= 0.6 is 0 Å². The van der Waals surface area contributed by atoms with Crippen LogP contribution in [0.25, 0.3) is 16.9 Å². The molecule has 6 heteroatoms. The highest BCUT2D eigenvalue weighted by Crippen LogP contribution is 2.20.